The third-order valence-electron chi connectivity index (χ3n) is 1.67. The number of nitrogens with two attached hydrogens (primary N) is 1. The monoisotopic (exact) mass is 165 g/mol. The number of rotatable bonds is 0. The van der Waals surface area contributed by atoms with Crippen LogP contribution in [0.15, 0.2) is 0 Å². The summed E-state index contributed by atoms with van der Waals surface area (Å²) in [5, 5.41) is 9.02. The van der Waals surface area contributed by atoms with Crippen LogP contribution in [-0.2, 0) is 9.84 Å². The van der Waals surface area contributed by atoms with Crippen LogP contribution >= 0.6 is 0 Å². The van der Waals surface area contributed by atoms with Crippen LogP contribution in [0.5, 0.6) is 0 Å². The van der Waals surface area contributed by atoms with E-state index in [0.29, 0.717) is 0 Å². The van der Waals surface area contributed by atoms with Crippen LogP contribution in [0.1, 0.15) is 6.42 Å². The fourth-order valence-corrected chi connectivity index (χ4v) is 2.58. The Kier molecular flexibility index (Phi) is 1.98. The number of aliphatic hydroxyl groups is 1. The van der Waals surface area contributed by atoms with E-state index in [2.05, 4.69) is 0 Å². The predicted octanol–water partition coefficient (Wildman–Crippen LogP) is -1.51. The SMILES string of the molecule is N[C@@H]1CS(=O)(=O)CC[C@@H]1O. The zero-order valence-electron chi connectivity index (χ0n) is 5.53. The van der Waals surface area contributed by atoms with Crippen molar-refractivity contribution < 1.29 is 13.5 Å². The molecule has 10 heavy (non-hydrogen) atoms. The number of hydrogen-bond acceptors (Lipinski definition) is 4. The van der Waals surface area contributed by atoms with E-state index < -0.39 is 22.0 Å². The molecule has 0 aliphatic carbocycles. The Morgan fingerprint density at radius 1 is 1.50 bits per heavy atom. The van der Waals surface area contributed by atoms with Crippen molar-refractivity contribution in [2.24, 2.45) is 5.73 Å². The summed E-state index contributed by atoms with van der Waals surface area (Å²) in [5.74, 6) is -0.00394. The van der Waals surface area contributed by atoms with Crippen LogP contribution in [0.2, 0.25) is 0 Å². The van der Waals surface area contributed by atoms with Gasteiger partial charge in [0.2, 0.25) is 0 Å². The molecular weight excluding hydrogens is 154 g/mol. The fourth-order valence-electron chi connectivity index (χ4n) is 1.00. The van der Waals surface area contributed by atoms with Crippen molar-refractivity contribution in [3.63, 3.8) is 0 Å². The van der Waals surface area contributed by atoms with Gasteiger partial charge in [-0.1, -0.05) is 0 Å². The van der Waals surface area contributed by atoms with Gasteiger partial charge in [0.1, 0.15) is 0 Å². The van der Waals surface area contributed by atoms with Gasteiger partial charge in [0.05, 0.1) is 17.6 Å². The molecule has 1 rings (SSSR count). The summed E-state index contributed by atoms with van der Waals surface area (Å²) in [6.45, 7) is 0. The molecule has 4 nitrogen and oxygen atoms in total. The summed E-state index contributed by atoms with van der Waals surface area (Å²) in [5.41, 5.74) is 5.32. The van der Waals surface area contributed by atoms with Gasteiger partial charge in [-0.05, 0) is 6.42 Å². The topological polar surface area (TPSA) is 80.4 Å². The van der Waals surface area contributed by atoms with Crippen LogP contribution in [0.4, 0.5) is 0 Å². The molecule has 2 atom stereocenters. The van der Waals surface area contributed by atoms with E-state index >= 15 is 0 Å². The Bertz CT molecular complexity index is 211. The van der Waals surface area contributed by atoms with Gasteiger partial charge in [0.15, 0.2) is 9.84 Å². The molecular formula is C5H11NO3S. The fraction of sp³-hybridized carbons (Fsp3) is 1.00. The molecule has 60 valence electrons. The molecule has 0 bridgehead atoms. The molecule has 1 fully saturated rings. The summed E-state index contributed by atoms with van der Waals surface area (Å²) in [6.07, 6.45) is -0.354. The largest absolute Gasteiger partial charge is 0.391 e. The van der Waals surface area contributed by atoms with Crippen LogP contribution in [-0.4, -0.2) is 37.2 Å². The van der Waals surface area contributed by atoms with Crippen molar-refractivity contribution in [1.82, 2.24) is 0 Å². The second-order valence-electron chi connectivity index (χ2n) is 2.63. The Balaban J connectivity index is 2.66. The second kappa shape index (κ2) is 2.48. The van der Waals surface area contributed by atoms with Crippen LogP contribution in [0, 0.1) is 0 Å². The lowest BCUT2D eigenvalue weighted by molar-refractivity contribution is 0.144. The highest BCUT2D eigenvalue weighted by Gasteiger charge is 2.28. The standard InChI is InChI=1S/C5H11NO3S/c6-4-3-10(8,9)2-1-5(4)7/h4-5,7H,1-3,6H2/t4-,5+/m1/s1. The highest BCUT2D eigenvalue weighted by molar-refractivity contribution is 7.91. The van der Waals surface area contributed by atoms with Gasteiger partial charge in [-0.2, -0.15) is 0 Å². The molecule has 5 heteroatoms. The van der Waals surface area contributed by atoms with E-state index in [1.165, 1.54) is 0 Å². The van der Waals surface area contributed by atoms with Gasteiger partial charge < -0.3 is 10.8 Å². The smallest absolute Gasteiger partial charge is 0.152 e. The van der Waals surface area contributed by atoms with E-state index in [4.69, 9.17) is 10.8 Å². The Hall–Kier alpha value is -0.130. The van der Waals surface area contributed by atoms with E-state index in [-0.39, 0.29) is 17.9 Å². The van der Waals surface area contributed by atoms with Crippen molar-refractivity contribution >= 4 is 9.84 Å². The first-order chi connectivity index (χ1) is 4.51. The van der Waals surface area contributed by atoms with Crippen molar-refractivity contribution in [2.45, 2.75) is 18.6 Å². The van der Waals surface area contributed by atoms with Gasteiger partial charge in [-0.15, -0.1) is 0 Å². The molecule has 0 amide bonds. The molecule has 0 spiro atoms. The number of hydrogen-bond donors (Lipinski definition) is 2. The molecule has 0 unspecified atom stereocenters. The highest BCUT2D eigenvalue weighted by Crippen LogP contribution is 2.10. The average molecular weight is 165 g/mol. The summed E-state index contributed by atoms with van der Waals surface area (Å²) in [4.78, 5) is 0. The maximum atomic E-state index is 10.8. The quantitative estimate of drug-likeness (QED) is 0.457. The Labute approximate surface area is 60.0 Å². The predicted molar refractivity (Wildman–Crippen MR) is 37.3 cm³/mol. The molecule has 1 heterocycles. The van der Waals surface area contributed by atoms with Gasteiger partial charge in [0.25, 0.3) is 0 Å². The van der Waals surface area contributed by atoms with Crippen LogP contribution < -0.4 is 5.73 Å². The van der Waals surface area contributed by atoms with Crippen molar-refractivity contribution in [3.8, 4) is 0 Å². The first-order valence-electron chi connectivity index (χ1n) is 3.15. The van der Waals surface area contributed by atoms with E-state index in [0.717, 1.165) is 0 Å². The van der Waals surface area contributed by atoms with Gasteiger partial charge >= 0.3 is 0 Å². The summed E-state index contributed by atoms with van der Waals surface area (Å²) in [7, 11) is -2.95. The minimum Gasteiger partial charge on any atom is -0.391 e. The van der Waals surface area contributed by atoms with Crippen molar-refractivity contribution in [3.05, 3.63) is 0 Å². The third-order valence-corrected chi connectivity index (χ3v) is 3.42. The lowest BCUT2D eigenvalue weighted by Gasteiger charge is -2.23. The molecule has 3 N–H and O–H groups in total. The maximum Gasteiger partial charge on any atom is 0.152 e. The zero-order chi connectivity index (χ0) is 7.78. The minimum atomic E-state index is -2.95. The van der Waals surface area contributed by atoms with Gasteiger partial charge in [-0.3, -0.25) is 0 Å². The van der Waals surface area contributed by atoms with Crippen LogP contribution in [0.25, 0.3) is 0 Å². The Morgan fingerprint density at radius 2 is 2.10 bits per heavy atom. The molecule has 0 saturated carbocycles. The summed E-state index contributed by atoms with van der Waals surface area (Å²) >= 11 is 0. The zero-order valence-corrected chi connectivity index (χ0v) is 6.34. The summed E-state index contributed by atoms with van der Waals surface area (Å²) in [6, 6.07) is -0.584. The maximum absolute atomic E-state index is 10.8. The third kappa shape index (κ3) is 1.68. The molecule has 0 aromatic heterocycles. The highest BCUT2D eigenvalue weighted by atomic mass is 32.2. The normalized spacial score (nSPS) is 39.4. The molecule has 0 aromatic carbocycles. The summed E-state index contributed by atoms with van der Waals surface area (Å²) < 4.78 is 21.6. The molecule has 1 aliphatic heterocycles. The van der Waals surface area contributed by atoms with Crippen molar-refractivity contribution in [2.75, 3.05) is 11.5 Å². The second-order valence-corrected chi connectivity index (χ2v) is 4.86. The molecule has 1 aliphatic rings. The first kappa shape index (κ1) is 7.97. The first-order valence-corrected chi connectivity index (χ1v) is 4.97. The van der Waals surface area contributed by atoms with E-state index in [1.54, 1.807) is 0 Å². The molecule has 1 saturated heterocycles. The molecule has 0 radical (unpaired) electrons. The minimum absolute atomic E-state index is 0.0713. The lowest BCUT2D eigenvalue weighted by Crippen LogP contribution is -2.46. The van der Waals surface area contributed by atoms with Crippen molar-refractivity contribution in [1.29, 1.82) is 0 Å². The lowest BCUT2D eigenvalue weighted by atomic mass is 10.1. The average Bonchev–Trinajstić information content (AvgIpc) is 1.79. The van der Waals surface area contributed by atoms with Gasteiger partial charge in [0, 0.05) is 6.04 Å². The number of aliphatic hydroxyl groups excluding tert-OH is 1. The van der Waals surface area contributed by atoms with Gasteiger partial charge in [-0.25, -0.2) is 8.42 Å². The Morgan fingerprint density at radius 3 is 2.50 bits per heavy atom. The molecule has 0 aromatic rings. The van der Waals surface area contributed by atoms with Crippen LogP contribution in [0.3, 0.4) is 0 Å². The van der Waals surface area contributed by atoms with E-state index in [1.807, 2.05) is 0 Å². The van der Waals surface area contributed by atoms with E-state index in [9.17, 15) is 8.42 Å². The number of sulfone groups is 1.